The number of hydrogen-bond donors (Lipinski definition) is 1. The molecule has 0 aromatic carbocycles. The van der Waals surface area contributed by atoms with Crippen molar-refractivity contribution in [1.29, 1.82) is 0 Å². The zero-order valence-electron chi connectivity index (χ0n) is 11.6. The minimum Gasteiger partial charge on any atom is -0.480 e. The third-order valence-electron chi connectivity index (χ3n) is 3.73. The Morgan fingerprint density at radius 1 is 1.26 bits per heavy atom. The van der Waals surface area contributed by atoms with Crippen LogP contribution >= 0.6 is 0 Å². The third-order valence-corrected chi connectivity index (χ3v) is 3.73. The van der Waals surface area contributed by atoms with Gasteiger partial charge in [0.05, 0.1) is 18.8 Å². The van der Waals surface area contributed by atoms with Crippen LogP contribution in [0.2, 0.25) is 0 Å². The Morgan fingerprint density at radius 3 is 2.63 bits per heavy atom. The molecular formula is C13H22N2O4. The van der Waals surface area contributed by atoms with Gasteiger partial charge in [-0.2, -0.15) is 0 Å². The second kappa shape index (κ2) is 5.36. The highest BCUT2D eigenvalue weighted by atomic mass is 16.5. The Kier molecular flexibility index (Phi) is 3.99. The van der Waals surface area contributed by atoms with Gasteiger partial charge < -0.3 is 19.6 Å². The van der Waals surface area contributed by atoms with E-state index in [1.165, 1.54) is 4.90 Å². The molecule has 0 saturated carbocycles. The number of hydrogen-bond acceptors (Lipinski definition) is 3. The van der Waals surface area contributed by atoms with Crippen molar-refractivity contribution in [3.63, 3.8) is 0 Å². The Labute approximate surface area is 113 Å². The molecule has 1 atom stereocenters. The van der Waals surface area contributed by atoms with Crippen LogP contribution in [0.15, 0.2) is 0 Å². The molecule has 0 spiro atoms. The fourth-order valence-corrected chi connectivity index (χ4v) is 2.78. The summed E-state index contributed by atoms with van der Waals surface area (Å²) >= 11 is 0. The van der Waals surface area contributed by atoms with E-state index in [0.717, 1.165) is 12.8 Å². The number of carbonyl (C=O) groups is 2. The number of urea groups is 1. The smallest absolute Gasteiger partial charge is 0.326 e. The average molecular weight is 270 g/mol. The molecule has 2 fully saturated rings. The Morgan fingerprint density at radius 2 is 2.00 bits per heavy atom. The van der Waals surface area contributed by atoms with Crippen molar-refractivity contribution in [2.75, 3.05) is 26.2 Å². The minimum atomic E-state index is -0.902. The van der Waals surface area contributed by atoms with Crippen LogP contribution in [0.25, 0.3) is 0 Å². The summed E-state index contributed by atoms with van der Waals surface area (Å²) in [5, 5.41) is 9.22. The number of carbonyl (C=O) groups excluding carboxylic acids is 1. The highest BCUT2D eigenvalue weighted by Gasteiger charge is 2.37. The minimum absolute atomic E-state index is 0.163. The molecule has 1 unspecified atom stereocenters. The molecule has 0 aromatic heterocycles. The van der Waals surface area contributed by atoms with Crippen LogP contribution in [0.1, 0.15) is 33.1 Å². The number of ether oxygens (including phenoxy) is 1. The lowest BCUT2D eigenvalue weighted by Gasteiger charge is -2.42. The van der Waals surface area contributed by atoms with Gasteiger partial charge in [0.15, 0.2) is 0 Å². The van der Waals surface area contributed by atoms with Gasteiger partial charge in [0.2, 0.25) is 0 Å². The highest BCUT2D eigenvalue weighted by Crippen LogP contribution is 2.22. The van der Waals surface area contributed by atoms with Crippen LogP contribution in [0.3, 0.4) is 0 Å². The summed E-state index contributed by atoms with van der Waals surface area (Å²) < 4.78 is 5.58. The van der Waals surface area contributed by atoms with Gasteiger partial charge in [-0.15, -0.1) is 0 Å². The van der Waals surface area contributed by atoms with Gasteiger partial charge in [-0.25, -0.2) is 9.59 Å². The maximum Gasteiger partial charge on any atom is 0.326 e. The van der Waals surface area contributed by atoms with Crippen molar-refractivity contribution in [2.24, 2.45) is 0 Å². The number of piperidine rings is 1. The molecule has 2 amide bonds. The summed E-state index contributed by atoms with van der Waals surface area (Å²) in [6.07, 6.45) is 2.30. The molecule has 0 aromatic rings. The number of rotatable bonds is 1. The van der Waals surface area contributed by atoms with Crippen LogP contribution in [-0.2, 0) is 9.53 Å². The second-order valence-electron chi connectivity index (χ2n) is 5.86. The van der Waals surface area contributed by atoms with Gasteiger partial charge >= 0.3 is 12.0 Å². The van der Waals surface area contributed by atoms with Crippen molar-refractivity contribution in [1.82, 2.24) is 9.80 Å². The van der Waals surface area contributed by atoms with Gasteiger partial charge in [-0.3, -0.25) is 0 Å². The van der Waals surface area contributed by atoms with Crippen molar-refractivity contribution < 1.29 is 19.4 Å². The molecule has 1 N–H and O–H groups in total. The van der Waals surface area contributed by atoms with Crippen LogP contribution in [0.5, 0.6) is 0 Å². The lowest BCUT2D eigenvalue weighted by Crippen LogP contribution is -2.58. The van der Waals surface area contributed by atoms with Crippen molar-refractivity contribution in [3.05, 3.63) is 0 Å². The summed E-state index contributed by atoms with van der Waals surface area (Å²) in [5.74, 6) is -0.902. The number of aliphatic carboxylic acids is 1. The molecule has 6 heteroatoms. The standard InChI is InChI=1S/C13H22N2O4/c1-13(2)9-14(7-8-19-13)12(18)15-6-4-3-5-10(15)11(16)17/h10H,3-9H2,1-2H3,(H,16,17). The average Bonchev–Trinajstić information content (AvgIpc) is 2.36. The number of likely N-dealkylation sites (tertiary alicyclic amines) is 1. The van der Waals surface area contributed by atoms with Crippen LogP contribution in [0, 0.1) is 0 Å². The molecule has 108 valence electrons. The molecule has 2 aliphatic heterocycles. The van der Waals surface area contributed by atoms with E-state index in [1.54, 1.807) is 4.90 Å². The number of nitrogens with zero attached hydrogens (tertiary/aromatic N) is 2. The first-order valence-electron chi connectivity index (χ1n) is 6.83. The summed E-state index contributed by atoms with van der Waals surface area (Å²) in [5.41, 5.74) is -0.359. The van der Waals surface area contributed by atoms with E-state index in [0.29, 0.717) is 32.7 Å². The molecule has 0 aliphatic carbocycles. The van der Waals surface area contributed by atoms with Crippen LogP contribution in [0.4, 0.5) is 4.79 Å². The first kappa shape index (κ1) is 14.1. The van der Waals surface area contributed by atoms with Crippen molar-refractivity contribution >= 4 is 12.0 Å². The highest BCUT2D eigenvalue weighted by molar-refractivity contribution is 5.83. The van der Waals surface area contributed by atoms with E-state index in [1.807, 2.05) is 13.8 Å². The number of carboxylic acid groups (broad SMARTS) is 1. The van der Waals surface area contributed by atoms with Gasteiger partial charge in [0.1, 0.15) is 6.04 Å². The van der Waals surface area contributed by atoms with Gasteiger partial charge in [0.25, 0.3) is 0 Å². The molecule has 2 aliphatic rings. The zero-order chi connectivity index (χ0) is 14.0. The molecule has 0 bridgehead atoms. The maximum atomic E-state index is 12.5. The quantitative estimate of drug-likeness (QED) is 0.776. The van der Waals surface area contributed by atoms with Gasteiger partial charge in [0, 0.05) is 13.1 Å². The SMILES string of the molecule is CC1(C)CN(C(=O)N2CCCCC2C(=O)O)CCO1. The molecule has 2 heterocycles. The maximum absolute atomic E-state index is 12.5. The fourth-order valence-electron chi connectivity index (χ4n) is 2.78. The molecule has 2 saturated heterocycles. The largest absolute Gasteiger partial charge is 0.480 e. The molecule has 0 radical (unpaired) electrons. The van der Waals surface area contributed by atoms with E-state index in [2.05, 4.69) is 0 Å². The Hall–Kier alpha value is -1.30. The van der Waals surface area contributed by atoms with E-state index in [-0.39, 0.29) is 11.6 Å². The van der Waals surface area contributed by atoms with Crippen molar-refractivity contribution in [2.45, 2.75) is 44.8 Å². The topological polar surface area (TPSA) is 70.1 Å². The monoisotopic (exact) mass is 270 g/mol. The third kappa shape index (κ3) is 3.18. The zero-order valence-corrected chi connectivity index (χ0v) is 11.6. The predicted octanol–water partition coefficient (Wildman–Crippen LogP) is 1.16. The van der Waals surface area contributed by atoms with Gasteiger partial charge in [-0.05, 0) is 33.1 Å². The number of carboxylic acids is 1. The summed E-state index contributed by atoms with van der Waals surface area (Å²) in [6.45, 7) is 5.96. The van der Waals surface area contributed by atoms with Crippen LogP contribution in [-0.4, -0.2) is 64.8 Å². The van der Waals surface area contributed by atoms with Gasteiger partial charge in [-0.1, -0.05) is 0 Å². The Bertz CT molecular complexity index is 370. The lowest BCUT2D eigenvalue weighted by molar-refractivity contribution is -0.143. The molecule has 19 heavy (non-hydrogen) atoms. The predicted molar refractivity (Wildman–Crippen MR) is 69.0 cm³/mol. The Balaban J connectivity index is 2.06. The van der Waals surface area contributed by atoms with E-state index >= 15 is 0 Å². The molecular weight excluding hydrogens is 248 g/mol. The summed E-state index contributed by atoms with van der Waals surface area (Å²) in [6, 6.07) is -0.837. The number of morpholine rings is 1. The van der Waals surface area contributed by atoms with E-state index in [9.17, 15) is 14.7 Å². The van der Waals surface area contributed by atoms with Crippen molar-refractivity contribution in [3.8, 4) is 0 Å². The first-order chi connectivity index (χ1) is 8.91. The van der Waals surface area contributed by atoms with E-state index < -0.39 is 12.0 Å². The summed E-state index contributed by atoms with van der Waals surface area (Å²) in [7, 11) is 0. The number of amides is 2. The van der Waals surface area contributed by atoms with Crippen LogP contribution < -0.4 is 0 Å². The fraction of sp³-hybridized carbons (Fsp3) is 0.846. The first-order valence-corrected chi connectivity index (χ1v) is 6.83. The normalized spacial score (nSPS) is 27.2. The molecule has 6 nitrogen and oxygen atoms in total. The second-order valence-corrected chi connectivity index (χ2v) is 5.86. The van der Waals surface area contributed by atoms with E-state index in [4.69, 9.17) is 4.74 Å². The summed E-state index contributed by atoms with van der Waals surface area (Å²) in [4.78, 5) is 27.0. The molecule has 2 rings (SSSR count). The lowest BCUT2D eigenvalue weighted by atomic mass is 10.0.